The Hall–Kier alpha value is 0.0600. The molecule has 0 aromatic rings. The minimum Gasteiger partial charge on any atom is -0.112 e. The van der Waals surface area contributed by atoms with Crippen LogP contribution in [0.4, 0.5) is 0 Å². The Balaban J connectivity index is 2.83. The molecule has 0 bridgehead atoms. The summed E-state index contributed by atoms with van der Waals surface area (Å²) < 4.78 is 0. The Labute approximate surface area is 71.5 Å². The Morgan fingerprint density at radius 3 is 1.40 bits per heavy atom. The zero-order valence-electron chi connectivity index (χ0n) is 5.74. The topological polar surface area (TPSA) is 0 Å². The highest BCUT2D eigenvalue weighted by Gasteiger charge is 2.53. The highest BCUT2D eigenvalue weighted by Crippen LogP contribution is 2.53. The van der Waals surface area contributed by atoms with Gasteiger partial charge >= 0.3 is 0 Å². The molecule has 1 aliphatic rings. The third-order valence-corrected chi connectivity index (χ3v) is 3.65. The van der Waals surface area contributed by atoms with Crippen LogP contribution in [0.25, 0.3) is 0 Å². The summed E-state index contributed by atoms with van der Waals surface area (Å²) in [6.45, 7) is 7.27. The molecule has 0 N–H and O–H groups in total. The number of rotatable bonds is 2. The molecule has 0 aliphatic heterocycles. The molecule has 1 saturated carbocycles. The van der Waals surface area contributed by atoms with Crippen LogP contribution in [0, 0.1) is 0 Å². The van der Waals surface area contributed by atoms with Gasteiger partial charge in [0.25, 0.3) is 0 Å². The Kier molecular flexibility index (Phi) is 1.86. The van der Waals surface area contributed by atoms with Crippen molar-refractivity contribution in [2.75, 3.05) is 0 Å². The fourth-order valence-corrected chi connectivity index (χ4v) is 1.68. The summed E-state index contributed by atoms with van der Waals surface area (Å²) in [7, 11) is 0. The second kappa shape index (κ2) is 2.28. The molecule has 1 aliphatic carbocycles. The van der Waals surface area contributed by atoms with Gasteiger partial charge in [0.2, 0.25) is 0 Å². The lowest BCUT2D eigenvalue weighted by molar-refractivity contribution is 0.351. The van der Waals surface area contributed by atoms with Crippen molar-refractivity contribution in [1.29, 1.82) is 0 Å². The first kappa shape index (κ1) is 8.16. The largest absolute Gasteiger partial charge is 0.112 e. The molecule has 0 radical (unpaired) electrons. The molecular weight excluding hydrogens is 167 g/mol. The maximum absolute atomic E-state index is 6.08. The Morgan fingerprint density at radius 2 is 1.30 bits per heavy atom. The van der Waals surface area contributed by atoms with Gasteiger partial charge in [0.15, 0.2) is 0 Å². The molecule has 0 amide bonds. The number of hydrogen-bond acceptors (Lipinski definition) is 0. The predicted molar refractivity (Wildman–Crippen MR) is 46.8 cm³/mol. The summed E-state index contributed by atoms with van der Waals surface area (Å²) >= 11 is 12.2. The monoisotopic (exact) mass is 176 g/mol. The van der Waals surface area contributed by atoms with Gasteiger partial charge < -0.3 is 0 Å². The van der Waals surface area contributed by atoms with E-state index in [4.69, 9.17) is 23.2 Å². The van der Waals surface area contributed by atoms with Crippen LogP contribution in [0.2, 0.25) is 0 Å². The maximum Gasteiger partial charge on any atom is 0.0850 e. The first-order valence-corrected chi connectivity index (χ1v) is 3.98. The average molecular weight is 177 g/mol. The predicted octanol–water partition coefficient (Wildman–Crippen LogP) is 3.11. The summed E-state index contributed by atoms with van der Waals surface area (Å²) in [5.74, 6) is 0. The van der Waals surface area contributed by atoms with Crippen molar-refractivity contribution in [2.24, 2.45) is 0 Å². The highest BCUT2D eigenvalue weighted by atomic mass is 35.5. The van der Waals surface area contributed by atoms with Crippen LogP contribution in [0.1, 0.15) is 12.8 Å². The van der Waals surface area contributed by atoms with Crippen LogP contribution in [-0.4, -0.2) is 9.75 Å². The molecule has 56 valence electrons. The summed E-state index contributed by atoms with van der Waals surface area (Å²) in [5, 5.41) is 0. The van der Waals surface area contributed by atoms with Crippen LogP contribution in [-0.2, 0) is 0 Å². The van der Waals surface area contributed by atoms with Crippen molar-refractivity contribution in [3.05, 3.63) is 25.3 Å². The average Bonchev–Trinajstić information content (AvgIpc) is 1.99. The van der Waals surface area contributed by atoms with Gasteiger partial charge in [-0.05, 0) is 12.8 Å². The van der Waals surface area contributed by atoms with Gasteiger partial charge in [0, 0.05) is 0 Å². The standard InChI is InChI=1S/C8H10Cl2/c1-3-7(9)5-6-8(7,10)4-2/h3-4H,1-2,5-6H2. The van der Waals surface area contributed by atoms with E-state index in [1.165, 1.54) is 0 Å². The number of halogens is 2. The van der Waals surface area contributed by atoms with Crippen LogP contribution in [0.15, 0.2) is 25.3 Å². The zero-order valence-corrected chi connectivity index (χ0v) is 7.25. The van der Waals surface area contributed by atoms with Gasteiger partial charge in [0.05, 0.1) is 9.75 Å². The van der Waals surface area contributed by atoms with E-state index in [0.717, 1.165) is 12.8 Å². The van der Waals surface area contributed by atoms with Crippen molar-refractivity contribution in [3.8, 4) is 0 Å². The van der Waals surface area contributed by atoms with Gasteiger partial charge in [-0.3, -0.25) is 0 Å². The van der Waals surface area contributed by atoms with Crippen molar-refractivity contribution >= 4 is 23.2 Å². The third kappa shape index (κ3) is 0.826. The molecule has 2 heteroatoms. The molecule has 0 nitrogen and oxygen atoms in total. The first-order valence-electron chi connectivity index (χ1n) is 3.23. The van der Waals surface area contributed by atoms with E-state index in [9.17, 15) is 0 Å². The second-order valence-corrected chi connectivity index (χ2v) is 3.98. The quantitative estimate of drug-likeness (QED) is 0.449. The minimum absolute atomic E-state index is 0.448. The van der Waals surface area contributed by atoms with Crippen LogP contribution < -0.4 is 0 Å². The molecule has 1 fully saturated rings. The number of alkyl halides is 2. The van der Waals surface area contributed by atoms with Crippen molar-refractivity contribution in [3.63, 3.8) is 0 Å². The lowest BCUT2D eigenvalue weighted by Gasteiger charge is -2.48. The van der Waals surface area contributed by atoms with E-state index in [1.54, 1.807) is 12.2 Å². The third-order valence-electron chi connectivity index (χ3n) is 2.19. The molecule has 2 unspecified atom stereocenters. The SMILES string of the molecule is C=CC1(Cl)CCC1(Cl)C=C. The lowest BCUT2D eigenvalue weighted by atomic mass is 9.72. The molecule has 10 heavy (non-hydrogen) atoms. The van der Waals surface area contributed by atoms with E-state index in [2.05, 4.69) is 13.2 Å². The molecule has 2 atom stereocenters. The summed E-state index contributed by atoms with van der Waals surface area (Å²) in [4.78, 5) is -0.896. The van der Waals surface area contributed by atoms with E-state index in [-0.39, 0.29) is 0 Å². The van der Waals surface area contributed by atoms with Crippen LogP contribution >= 0.6 is 23.2 Å². The van der Waals surface area contributed by atoms with Gasteiger partial charge in [0.1, 0.15) is 0 Å². The fourth-order valence-electron chi connectivity index (χ4n) is 1.15. The summed E-state index contributed by atoms with van der Waals surface area (Å²) in [6, 6.07) is 0. The molecule has 0 saturated heterocycles. The summed E-state index contributed by atoms with van der Waals surface area (Å²) in [6.07, 6.45) is 5.20. The van der Waals surface area contributed by atoms with Crippen molar-refractivity contribution in [2.45, 2.75) is 22.6 Å². The molecule has 0 aromatic heterocycles. The van der Waals surface area contributed by atoms with E-state index in [0.29, 0.717) is 0 Å². The smallest absolute Gasteiger partial charge is 0.0850 e. The molecule has 1 rings (SSSR count). The van der Waals surface area contributed by atoms with Gasteiger partial charge in [-0.25, -0.2) is 0 Å². The Morgan fingerprint density at radius 1 is 1.00 bits per heavy atom. The number of hydrogen-bond donors (Lipinski definition) is 0. The van der Waals surface area contributed by atoms with Crippen molar-refractivity contribution < 1.29 is 0 Å². The van der Waals surface area contributed by atoms with Gasteiger partial charge in [-0.15, -0.1) is 36.4 Å². The number of allylic oxidation sites excluding steroid dienone is 2. The first-order chi connectivity index (χ1) is 4.58. The minimum atomic E-state index is -0.448. The van der Waals surface area contributed by atoms with Crippen molar-refractivity contribution in [1.82, 2.24) is 0 Å². The molecule has 0 spiro atoms. The molecular formula is C8H10Cl2. The van der Waals surface area contributed by atoms with E-state index in [1.807, 2.05) is 0 Å². The zero-order chi connectivity index (χ0) is 7.83. The van der Waals surface area contributed by atoms with Crippen LogP contribution in [0.3, 0.4) is 0 Å². The summed E-state index contributed by atoms with van der Waals surface area (Å²) in [5.41, 5.74) is 0. The fraction of sp³-hybridized carbons (Fsp3) is 0.500. The molecule has 0 heterocycles. The van der Waals surface area contributed by atoms with Crippen LogP contribution in [0.5, 0.6) is 0 Å². The highest BCUT2D eigenvalue weighted by molar-refractivity contribution is 6.38. The maximum atomic E-state index is 6.08. The van der Waals surface area contributed by atoms with E-state index < -0.39 is 9.75 Å². The molecule has 0 aromatic carbocycles. The van der Waals surface area contributed by atoms with Gasteiger partial charge in [-0.2, -0.15) is 0 Å². The normalized spacial score (nSPS) is 45.8. The lowest BCUT2D eigenvalue weighted by Crippen LogP contribution is -2.52. The van der Waals surface area contributed by atoms with Gasteiger partial charge in [-0.1, -0.05) is 12.2 Å². The second-order valence-electron chi connectivity index (χ2n) is 2.63. The Bertz CT molecular complexity index is 156. The van der Waals surface area contributed by atoms with E-state index >= 15 is 0 Å².